The number of halogens is 1. The van der Waals surface area contributed by atoms with Gasteiger partial charge in [-0.25, -0.2) is 9.49 Å². The molecule has 8 nitrogen and oxygen atoms in total. The van der Waals surface area contributed by atoms with Crippen LogP contribution in [-0.2, 0) is 11.3 Å². The van der Waals surface area contributed by atoms with E-state index in [4.69, 9.17) is 4.74 Å². The van der Waals surface area contributed by atoms with Crippen molar-refractivity contribution in [2.75, 3.05) is 4.90 Å². The standard InChI is InChI=1S/C24H20FN5O3/c1-12-9-26-28-13(2)19(12)11-30-21-8-17(7-20(25)22(21)33-14(3)24(30)32)15-4-5-16-10-27-29-23(31)18(16)6-15/h4-10,14H,11H2,1-3H3,(H,29,31)/t14-/m1/s1. The minimum Gasteiger partial charge on any atom is -0.476 e. The Kier molecular flexibility index (Phi) is 4.88. The number of aromatic amines is 1. The molecule has 0 saturated heterocycles. The third-order valence-electron chi connectivity index (χ3n) is 5.91. The average Bonchev–Trinajstić information content (AvgIpc) is 2.79. The number of hydrogen-bond acceptors (Lipinski definition) is 6. The number of ether oxygens (including phenoxy) is 1. The van der Waals surface area contributed by atoms with Crippen molar-refractivity contribution in [1.29, 1.82) is 0 Å². The van der Waals surface area contributed by atoms with Gasteiger partial charge in [-0.3, -0.25) is 9.59 Å². The van der Waals surface area contributed by atoms with Crippen LogP contribution >= 0.6 is 0 Å². The SMILES string of the molecule is Cc1cnnc(C)c1CN1C(=O)[C@@H](C)Oc2c(F)cc(-c3ccc4cn[nH]c(=O)c4c3)cc21. The molecule has 0 spiro atoms. The van der Waals surface area contributed by atoms with Gasteiger partial charge < -0.3 is 9.64 Å². The number of benzene rings is 2. The summed E-state index contributed by atoms with van der Waals surface area (Å²) in [5.74, 6) is -0.849. The number of fused-ring (bicyclic) bond motifs is 2. The van der Waals surface area contributed by atoms with E-state index >= 15 is 4.39 Å². The van der Waals surface area contributed by atoms with E-state index in [-0.39, 0.29) is 23.8 Å². The first-order valence-corrected chi connectivity index (χ1v) is 10.4. The zero-order valence-corrected chi connectivity index (χ0v) is 18.2. The van der Waals surface area contributed by atoms with Crippen LogP contribution in [0.3, 0.4) is 0 Å². The smallest absolute Gasteiger partial charge is 0.272 e. The first-order chi connectivity index (χ1) is 15.8. The van der Waals surface area contributed by atoms with Gasteiger partial charge in [-0.05, 0) is 61.2 Å². The van der Waals surface area contributed by atoms with E-state index in [0.717, 1.165) is 11.1 Å². The molecule has 0 saturated carbocycles. The quantitative estimate of drug-likeness (QED) is 0.518. The summed E-state index contributed by atoms with van der Waals surface area (Å²) in [5.41, 5.74) is 3.56. The van der Waals surface area contributed by atoms with Crippen molar-refractivity contribution < 1.29 is 13.9 Å². The summed E-state index contributed by atoms with van der Waals surface area (Å²) >= 11 is 0. The molecule has 5 rings (SSSR count). The van der Waals surface area contributed by atoms with E-state index in [1.807, 2.05) is 13.8 Å². The minimum atomic E-state index is -0.833. The highest BCUT2D eigenvalue weighted by molar-refractivity contribution is 6.00. The molecule has 1 atom stereocenters. The second-order valence-electron chi connectivity index (χ2n) is 8.08. The fourth-order valence-corrected chi connectivity index (χ4v) is 4.08. The maximum Gasteiger partial charge on any atom is 0.272 e. The molecule has 166 valence electrons. The molecule has 0 bridgehead atoms. The van der Waals surface area contributed by atoms with Gasteiger partial charge in [0.25, 0.3) is 11.5 Å². The van der Waals surface area contributed by atoms with E-state index in [2.05, 4.69) is 20.4 Å². The maximum atomic E-state index is 15.2. The van der Waals surface area contributed by atoms with Crippen molar-refractivity contribution >= 4 is 22.4 Å². The predicted octanol–water partition coefficient (Wildman–Crippen LogP) is 3.45. The van der Waals surface area contributed by atoms with Gasteiger partial charge in [0.15, 0.2) is 17.7 Å². The van der Waals surface area contributed by atoms with Crippen molar-refractivity contribution in [3.8, 4) is 16.9 Å². The molecule has 0 radical (unpaired) electrons. The molecule has 1 aliphatic rings. The van der Waals surface area contributed by atoms with E-state index in [0.29, 0.717) is 33.3 Å². The Morgan fingerprint density at radius 1 is 1.12 bits per heavy atom. The van der Waals surface area contributed by atoms with Crippen LogP contribution in [0.4, 0.5) is 10.1 Å². The monoisotopic (exact) mass is 445 g/mol. The van der Waals surface area contributed by atoms with E-state index in [1.54, 1.807) is 43.6 Å². The zero-order chi connectivity index (χ0) is 23.3. The van der Waals surface area contributed by atoms with Crippen LogP contribution in [-0.4, -0.2) is 32.4 Å². The normalized spacial score (nSPS) is 15.5. The predicted molar refractivity (Wildman–Crippen MR) is 121 cm³/mol. The van der Waals surface area contributed by atoms with Crippen LogP contribution in [0.1, 0.15) is 23.7 Å². The van der Waals surface area contributed by atoms with Crippen molar-refractivity contribution in [3.05, 3.63) is 75.7 Å². The zero-order valence-electron chi connectivity index (χ0n) is 18.2. The van der Waals surface area contributed by atoms with Crippen LogP contribution in [0.2, 0.25) is 0 Å². The fourth-order valence-electron chi connectivity index (χ4n) is 4.08. The lowest BCUT2D eigenvalue weighted by molar-refractivity contribution is -0.125. The van der Waals surface area contributed by atoms with Gasteiger partial charge in [-0.1, -0.05) is 12.1 Å². The van der Waals surface area contributed by atoms with Crippen molar-refractivity contribution in [2.24, 2.45) is 0 Å². The summed E-state index contributed by atoms with van der Waals surface area (Å²) in [5, 5.41) is 15.4. The number of carbonyl (C=O) groups excluding carboxylic acids is 1. The molecular formula is C24H20FN5O3. The molecule has 1 amide bonds. The molecule has 0 fully saturated rings. The Labute approximate surface area is 188 Å². The van der Waals surface area contributed by atoms with Crippen LogP contribution in [0.5, 0.6) is 5.75 Å². The minimum absolute atomic E-state index is 0.0195. The second kappa shape index (κ2) is 7.77. The van der Waals surface area contributed by atoms with E-state index in [1.165, 1.54) is 11.0 Å². The van der Waals surface area contributed by atoms with Gasteiger partial charge in [-0.15, -0.1) is 0 Å². The summed E-state index contributed by atoms with van der Waals surface area (Å²) in [4.78, 5) is 26.8. The molecular weight excluding hydrogens is 425 g/mol. The number of aryl methyl sites for hydroxylation is 2. The number of nitrogens with one attached hydrogen (secondary N) is 1. The van der Waals surface area contributed by atoms with Crippen LogP contribution in [0.25, 0.3) is 21.9 Å². The van der Waals surface area contributed by atoms with Crippen LogP contribution in [0.15, 0.2) is 47.5 Å². The number of anilines is 1. The van der Waals surface area contributed by atoms with Crippen molar-refractivity contribution in [1.82, 2.24) is 20.4 Å². The Hall–Kier alpha value is -4.14. The number of H-pyrrole nitrogens is 1. The first-order valence-electron chi connectivity index (χ1n) is 10.4. The summed E-state index contributed by atoms with van der Waals surface area (Å²) in [6, 6.07) is 8.26. The van der Waals surface area contributed by atoms with E-state index in [9.17, 15) is 9.59 Å². The topological polar surface area (TPSA) is 101 Å². The molecule has 2 aromatic carbocycles. The lowest BCUT2D eigenvalue weighted by Gasteiger charge is -2.34. The summed E-state index contributed by atoms with van der Waals surface area (Å²) in [7, 11) is 0. The number of carbonyl (C=O) groups is 1. The van der Waals surface area contributed by atoms with Gasteiger partial charge in [0.2, 0.25) is 0 Å². The highest BCUT2D eigenvalue weighted by Crippen LogP contribution is 2.41. The van der Waals surface area contributed by atoms with E-state index < -0.39 is 11.9 Å². The molecule has 1 aliphatic heterocycles. The third kappa shape index (κ3) is 3.51. The number of amides is 1. The van der Waals surface area contributed by atoms with Gasteiger partial charge in [0.05, 0.1) is 35.7 Å². The highest BCUT2D eigenvalue weighted by atomic mass is 19.1. The second-order valence-corrected chi connectivity index (χ2v) is 8.08. The lowest BCUT2D eigenvalue weighted by atomic mass is 10.00. The number of nitrogens with zero attached hydrogens (tertiary/aromatic N) is 4. The number of hydrogen-bond donors (Lipinski definition) is 1. The average molecular weight is 445 g/mol. The number of aromatic nitrogens is 4. The molecule has 33 heavy (non-hydrogen) atoms. The molecule has 9 heteroatoms. The van der Waals surface area contributed by atoms with Crippen molar-refractivity contribution in [2.45, 2.75) is 33.4 Å². The summed E-state index contributed by atoms with van der Waals surface area (Å²) in [6.45, 7) is 5.52. The Balaban J connectivity index is 1.66. The number of rotatable bonds is 3. The molecule has 3 heterocycles. The van der Waals surface area contributed by atoms with Crippen LogP contribution in [0, 0.1) is 19.7 Å². The Morgan fingerprint density at radius 2 is 1.94 bits per heavy atom. The molecule has 0 aliphatic carbocycles. The Morgan fingerprint density at radius 3 is 2.73 bits per heavy atom. The summed E-state index contributed by atoms with van der Waals surface area (Å²) < 4.78 is 20.8. The summed E-state index contributed by atoms with van der Waals surface area (Å²) in [6.07, 6.45) is 2.35. The third-order valence-corrected chi connectivity index (χ3v) is 5.91. The maximum absolute atomic E-state index is 15.2. The highest BCUT2D eigenvalue weighted by Gasteiger charge is 2.34. The molecule has 0 unspecified atom stereocenters. The first kappa shape index (κ1) is 20.7. The van der Waals surface area contributed by atoms with Crippen LogP contribution < -0.4 is 15.2 Å². The molecule has 4 aromatic rings. The fraction of sp³-hybridized carbons (Fsp3) is 0.208. The largest absolute Gasteiger partial charge is 0.476 e. The van der Waals surface area contributed by atoms with Gasteiger partial charge in [0, 0.05) is 5.39 Å². The van der Waals surface area contributed by atoms with Gasteiger partial charge >= 0.3 is 0 Å². The molecule has 1 N–H and O–H groups in total. The molecule has 2 aromatic heterocycles. The Bertz CT molecular complexity index is 1460. The van der Waals surface area contributed by atoms with Gasteiger partial charge in [0.1, 0.15) is 0 Å². The van der Waals surface area contributed by atoms with Crippen molar-refractivity contribution in [3.63, 3.8) is 0 Å². The van der Waals surface area contributed by atoms with Gasteiger partial charge in [-0.2, -0.15) is 15.3 Å². The lowest BCUT2D eigenvalue weighted by Crippen LogP contribution is -2.44.